The van der Waals surface area contributed by atoms with E-state index < -0.39 is 0 Å². The van der Waals surface area contributed by atoms with E-state index in [2.05, 4.69) is 25.2 Å². The van der Waals surface area contributed by atoms with Gasteiger partial charge in [-0.3, -0.25) is 14.9 Å². The zero-order valence-corrected chi connectivity index (χ0v) is 11.0. The quantitative estimate of drug-likeness (QED) is 0.828. The van der Waals surface area contributed by atoms with Gasteiger partial charge in [-0.05, 0) is 36.0 Å². The molecule has 1 aliphatic heterocycles. The van der Waals surface area contributed by atoms with Gasteiger partial charge < -0.3 is 0 Å². The molecule has 1 heterocycles. The van der Waals surface area contributed by atoms with Gasteiger partial charge in [0.15, 0.2) is 0 Å². The first-order chi connectivity index (χ1) is 8.67. The molecule has 3 nitrogen and oxygen atoms in total. The number of carbonyl (C=O) groups excluding carboxylic acids is 2. The van der Waals surface area contributed by atoms with Gasteiger partial charge in [-0.25, -0.2) is 0 Å². The SMILES string of the molecule is CCCCc1c(CC)ccc2c1C(=O)NC(=O)C2. The maximum atomic E-state index is 12.0. The van der Waals surface area contributed by atoms with Crippen LogP contribution in [0.4, 0.5) is 0 Å². The van der Waals surface area contributed by atoms with Crippen molar-refractivity contribution >= 4 is 11.8 Å². The smallest absolute Gasteiger partial charge is 0.258 e. The molecule has 0 aliphatic carbocycles. The van der Waals surface area contributed by atoms with Gasteiger partial charge in [0, 0.05) is 5.56 Å². The molecule has 1 aromatic carbocycles. The number of amides is 2. The predicted molar refractivity (Wildman–Crippen MR) is 70.6 cm³/mol. The Labute approximate surface area is 108 Å². The van der Waals surface area contributed by atoms with Crippen LogP contribution >= 0.6 is 0 Å². The van der Waals surface area contributed by atoms with Crippen LogP contribution in [0.3, 0.4) is 0 Å². The summed E-state index contributed by atoms with van der Waals surface area (Å²) in [5, 5.41) is 2.43. The van der Waals surface area contributed by atoms with E-state index in [0.717, 1.165) is 42.4 Å². The Morgan fingerprint density at radius 2 is 2.00 bits per heavy atom. The minimum Gasteiger partial charge on any atom is -0.292 e. The van der Waals surface area contributed by atoms with Crippen molar-refractivity contribution in [3.05, 3.63) is 34.4 Å². The van der Waals surface area contributed by atoms with E-state index in [1.165, 1.54) is 5.56 Å². The van der Waals surface area contributed by atoms with Gasteiger partial charge in [-0.1, -0.05) is 32.4 Å². The molecule has 1 aliphatic rings. The van der Waals surface area contributed by atoms with Crippen LogP contribution in [0.25, 0.3) is 0 Å². The third-order valence-electron chi connectivity index (χ3n) is 3.49. The fourth-order valence-electron chi connectivity index (χ4n) is 2.55. The Morgan fingerprint density at radius 3 is 2.67 bits per heavy atom. The highest BCUT2D eigenvalue weighted by Gasteiger charge is 2.25. The van der Waals surface area contributed by atoms with Crippen molar-refractivity contribution in [1.82, 2.24) is 5.32 Å². The van der Waals surface area contributed by atoms with Crippen molar-refractivity contribution in [2.75, 3.05) is 0 Å². The average molecular weight is 245 g/mol. The maximum absolute atomic E-state index is 12.0. The van der Waals surface area contributed by atoms with Gasteiger partial charge in [-0.15, -0.1) is 0 Å². The van der Waals surface area contributed by atoms with Crippen LogP contribution in [0.5, 0.6) is 0 Å². The Kier molecular flexibility index (Phi) is 3.80. The molecule has 0 bridgehead atoms. The van der Waals surface area contributed by atoms with Crippen molar-refractivity contribution in [2.45, 2.75) is 46.0 Å². The molecule has 2 rings (SSSR count). The van der Waals surface area contributed by atoms with E-state index in [-0.39, 0.29) is 11.8 Å². The molecule has 0 spiro atoms. The molecule has 2 amide bonds. The number of fused-ring (bicyclic) bond motifs is 1. The lowest BCUT2D eigenvalue weighted by Crippen LogP contribution is -2.38. The fraction of sp³-hybridized carbons (Fsp3) is 0.467. The van der Waals surface area contributed by atoms with Crippen LogP contribution in [-0.4, -0.2) is 11.8 Å². The summed E-state index contributed by atoms with van der Waals surface area (Å²) in [6.07, 6.45) is 4.35. The van der Waals surface area contributed by atoms with E-state index in [9.17, 15) is 9.59 Å². The second-order valence-corrected chi connectivity index (χ2v) is 4.75. The van der Waals surface area contributed by atoms with Crippen LogP contribution in [0.15, 0.2) is 12.1 Å². The molecule has 18 heavy (non-hydrogen) atoms. The highest BCUT2D eigenvalue weighted by Crippen LogP contribution is 2.25. The van der Waals surface area contributed by atoms with Gasteiger partial charge in [0.2, 0.25) is 5.91 Å². The van der Waals surface area contributed by atoms with Gasteiger partial charge >= 0.3 is 0 Å². The topological polar surface area (TPSA) is 46.2 Å². The second-order valence-electron chi connectivity index (χ2n) is 4.75. The van der Waals surface area contributed by atoms with E-state index in [4.69, 9.17) is 0 Å². The lowest BCUT2D eigenvalue weighted by atomic mass is 9.88. The number of nitrogens with one attached hydrogen (secondary N) is 1. The molecule has 0 saturated heterocycles. The van der Waals surface area contributed by atoms with E-state index in [1.807, 2.05) is 6.07 Å². The molecule has 96 valence electrons. The molecule has 0 atom stereocenters. The average Bonchev–Trinajstić information content (AvgIpc) is 2.35. The molecular weight excluding hydrogens is 226 g/mol. The highest BCUT2D eigenvalue weighted by atomic mass is 16.2. The van der Waals surface area contributed by atoms with Crippen LogP contribution in [0.1, 0.15) is 53.7 Å². The molecule has 1 aromatic rings. The fourth-order valence-corrected chi connectivity index (χ4v) is 2.55. The summed E-state index contributed by atoms with van der Waals surface area (Å²) in [4.78, 5) is 23.4. The van der Waals surface area contributed by atoms with E-state index in [0.29, 0.717) is 6.42 Å². The van der Waals surface area contributed by atoms with Crippen molar-refractivity contribution in [2.24, 2.45) is 0 Å². The lowest BCUT2D eigenvalue weighted by molar-refractivity contribution is -0.119. The number of hydrogen-bond acceptors (Lipinski definition) is 2. The minimum absolute atomic E-state index is 0.196. The van der Waals surface area contributed by atoms with E-state index in [1.54, 1.807) is 0 Å². The zero-order chi connectivity index (χ0) is 13.1. The zero-order valence-electron chi connectivity index (χ0n) is 11.0. The standard InChI is InChI=1S/C15H19NO2/c1-3-5-6-12-10(4-2)7-8-11-9-13(17)16-15(18)14(11)12/h7-8H,3-6,9H2,1-2H3,(H,16,17,18). The van der Waals surface area contributed by atoms with Crippen LogP contribution in [0, 0.1) is 0 Å². The molecule has 1 N–H and O–H groups in total. The lowest BCUT2D eigenvalue weighted by Gasteiger charge is -2.21. The first-order valence-corrected chi connectivity index (χ1v) is 6.65. The van der Waals surface area contributed by atoms with Gasteiger partial charge in [0.1, 0.15) is 0 Å². The first-order valence-electron chi connectivity index (χ1n) is 6.65. The monoisotopic (exact) mass is 245 g/mol. The number of unbranched alkanes of at least 4 members (excludes halogenated alkanes) is 1. The van der Waals surface area contributed by atoms with Crippen LogP contribution in [0.2, 0.25) is 0 Å². The van der Waals surface area contributed by atoms with Crippen molar-refractivity contribution < 1.29 is 9.59 Å². The third-order valence-corrected chi connectivity index (χ3v) is 3.49. The maximum Gasteiger partial charge on any atom is 0.258 e. The second kappa shape index (κ2) is 5.34. The third kappa shape index (κ3) is 2.30. The normalized spacial score (nSPS) is 14.3. The molecule has 0 fully saturated rings. The van der Waals surface area contributed by atoms with Crippen LogP contribution in [-0.2, 0) is 24.1 Å². The molecular formula is C15H19NO2. The number of imide groups is 1. The predicted octanol–water partition coefficient (Wildman–Crippen LogP) is 2.40. The number of aryl methyl sites for hydroxylation is 1. The molecule has 0 saturated carbocycles. The molecule has 0 radical (unpaired) electrons. The van der Waals surface area contributed by atoms with Gasteiger partial charge in [0.05, 0.1) is 6.42 Å². The van der Waals surface area contributed by atoms with Gasteiger partial charge in [-0.2, -0.15) is 0 Å². The summed E-state index contributed by atoms with van der Waals surface area (Å²) in [6, 6.07) is 4.00. The van der Waals surface area contributed by atoms with Crippen molar-refractivity contribution in [3.63, 3.8) is 0 Å². The van der Waals surface area contributed by atoms with E-state index >= 15 is 0 Å². The summed E-state index contributed by atoms with van der Waals surface area (Å²) >= 11 is 0. The molecule has 0 unspecified atom stereocenters. The summed E-state index contributed by atoms with van der Waals surface area (Å²) in [5.41, 5.74) is 4.00. The summed E-state index contributed by atoms with van der Waals surface area (Å²) in [6.45, 7) is 4.24. The Morgan fingerprint density at radius 1 is 1.22 bits per heavy atom. The highest BCUT2D eigenvalue weighted by molar-refractivity contribution is 6.10. The van der Waals surface area contributed by atoms with Crippen LogP contribution < -0.4 is 5.32 Å². The Balaban J connectivity index is 2.50. The number of rotatable bonds is 4. The molecule has 0 aromatic heterocycles. The number of hydrogen-bond donors (Lipinski definition) is 1. The number of carbonyl (C=O) groups is 2. The van der Waals surface area contributed by atoms with Crippen molar-refractivity contribution in [1.29, 1.82) is 0 Å². The summed E-state index contributed by atoms with van der Waals surface area (Å²) in [5.74, 6) is -0.416. The minimum atomic E-state index is -0.220. The first kappa shape index (κ1) is 12.8. The van der Waals surface area contributed by atoms with Crippen molar-refractivity contribution in [3.8, 4) is 0 Å². The Hall–Kier alpha value is -1.64. The number of benzene rings is 1. The van der Waals surface area contributed by atoms with Gasteiger partial charge in [0.25, 0.3) is 5.91 Å². The molecule has 3 heteroatoms. The summed E-state index contributed by atoms with van der Waals surface area (Å²) in [7, 11) is 0. The Bertz CT molecular complexity index is 492. The largest absolute Gasteiger partial charge is 0.292 e. The summed E-state index contributed by atoms with van der Waals surface area (Å²) < 4.78 is 0.